The minimum absolute atomic E-state index is 0.130. The van der Waals surface area contributed by atoms with Crippen molar-refractivity contribution in [1.29, 1.82) is 0 Å². The first-order chi connectivity index (χ1) is 6.18. The van der Waals surface area contributed by atoms with Gasteiger partial charge in [-0.1, -0.05) is 15.9 Å². The molecule has 0 saturated carbocycles. The van der Waals surface area contributed by atoms with Gasteiger partial charge in [-0.15, -0.1) is 0 Å². The Morgan fingerprint density at radius 1 is 1.46 bits per heavy atom. The zero-order valence-corrected chi connectivity index (χ0v) is 8.96. The topological polar surface area (TPSA) is 35.5 Å². The fourth-order valence-corrected chi connectivity index (χ4v) is 2.22. The average molecular weight is 247 g/mol. The van der Waals surface area contributed by atoms with Gasteiger partial charge >= 0.3 is 5.97 Å². The van der Waals surface area contributed by atoms with E-state index in [2.05, 4.69) is 15.9 Å². The number of fused-ring (bicyclic) bond motifs is 1. The second-order valence-corrected chi connectivity index (χ2v) is 4.68. The van der Waals surface area contributed by atoms with E-state index in [1.807, 2.05) is 6.92 Å². The van der Waals surface area contributed by atoms with Crippen LogP contribution in [0.5, 0.6) is 0 Å². The normalized spacial score (nSPS) is 34.2. The molecule has 2 heterocycles. The molecule has 0 aromatic rings. The minimum Gasteiger partial charge on any atom is -0.452 e. The Kier molecular flexibility index (Phi) is 2.43. The number of carbonyl (C=O) groups is 1. The van der Waals surface area contributed by atoms with Gasteiger partial charge in [0.2, 0.25) is 0 Å². The number of hydrogen-bond acceptors (Lipinski definition) is 3. The summed E-state index contributed by atoms with van der Waals surface area (Å²) in [5, 5.41) is 0. The standard InChI is InChI=1S/C9H11BrO3/c1-5-7-2-6(10)3-12-4-8(7)13-9(5)11/h6,8H,2-4H2,1H3. The maximum atomic E-state index is 11.2. The molecule has 4 heteroatoms. The number of ether oxygens (including phenoxy) is 2. The number of hydrogen-bond donors (Lipinski definition) is 0. The minimum atomic E-state index is -0.190. The summed E-state index contributed by atoms with van der Waals surface area (Å²) < 4.78 is 10.5. The maximum Gasteiger partial charge on any atom is 0.334 e. The molecule has 3 nitrogen and oxygen atoms in total. The van der Waals surface area contributed by atoms with E-state index >= 15 is 0 Å². The number of carbonyl (C=O) groups excluding carboxylic acids is 1. The van der Waals surface area contributed by atoms with Crippen LogP contribution in [-0.4, -0.2) is 30.1 Å². The molecule has 1 saturated heterocycles. The number of alkyl halides is 1. The van der Waals surface area contributed by atoms with Gasteiger partial charge in [-0.2, -0.15) is 0 Å². The molecule has 2 aliphatic heterocycles. The summed E-state index contributed by atoms with van der Waals surface area (Å²) in [7, 11) is 0. The highest BCUT2D eigenvalue weighted by Gasteiger charge is 2.34. The van der Waals surface area contributed by atoms with Crippen molar-refractivity contribution < 1.29 is 14.3 Å². The molecule has 2 rings (SSSR count). The van der Waals surface area contributed by atoms with Gasteiger partial charge in [0.05, 0.1) is 13.2 Å². The molecule has 0 aliphatic carbocycles. The van der Waals surface area contributed by atoms with Crippen LogP contribution in [0.15, 0.2) is 11.1 Å². The number of rotatable bonds is 0. The van der Waals surface area contributed by atoms with Crippen LogP contribution in [0, 0.1) is 0 Å². The van der Waals surface area contributed by atoms with Gasteiger partial charge in [0, 0.05) is 10.4 Å². The van der Waals surface area contributed by atoms with Crippen molar-refractivity contribution in [3.63, 3.8) is 0 Å². The lowest BCUT2D eigenvalue weighted by atomic mass is 10.0. The molecule has 72 valence electrons. The second kappa shape index (κ2) is 3.42. The Bertz CT molecular complexity index is 272. The zero-order valence-electron chi connectivity index (χ0n) is 7.38. The lowest BCUT2D eigenvalue weighted by Crippen LogP contribution is -2.16. The molecule has 2 atom stereocenters. The maximum absolute atomic E-state index is 11.2. The van der Waals surface area contributed by atoms with Crippen LogP contribution >= 0.6 is 15.9 Å². The number of esters is 1. The number of halogens is 1. The summed E-state index contributed by atoms with van der Waals surface area (Å²) >= 11 is 3.50. The van der Waals surface area contributed by atoms with Gasteiger partial charge < -0.3 is 9.47 Å². The quantitative estimate of drug-likeness (QED) is 0.479. The van der Waals surface area contributed by atoms with Gasteiger partial charge in [-0.05, 0) is 18.9 Å². The summed E-state index contributed by atoms with van der Waals surface area (Å²) in [6.07, 6.45) is 0.720. The highest BCUT2D eigenvalue weighted by molar-refractivity contribution is 9.09. The Morgan fingerprint density at radius 2 is 2.23 bits per heavy atom. The Morgan fingerprint density at radius 3 is 3.00 bits per heavy atom. The van der Waals surface area contributed by atoms with Crippen LogP contribution in [0.1, 0.15) is 13.3 Å². The van der Waals surface area contributed by atoms with Crippen molar-refractivity contribution in [1.82, 2.24) is 0 Å². The van der Waals surface area contributed by atoms with Crippen LogP contribution in [-0.2, 0) is 14.3 Å². The van der Waals surface area contributed by atoms with Crippen LogP contribution in [0.4, 0.5) is 0 Å². The van der Waals surface area contributed by atoms with Gasteiger partial charge in [-0.25, -0.2) is 4.79 Å². The van der Waals surface area contributed by atoms with Crippen molar-refractivity contribution in [2.24, 2.45) is 0 Å². The molecule has 0 aromatic heterocycles. The summed E-state index contributed by atoms with van der Waals surface area (Å²) in [6.45, 7) is 3.01. The Hall–Kier alpha value is -0.350. The third-order valence-electron chi connectivity index (χ3n) is 2.44. The molecule has 1 fully saturated rings. The van der Waals surface area contributed by atoms with E-state index in [1.54, 1.807) is 0 Å². The molecule has 0 radical (unpaired) electrons. The van der Waals surface area contributed by atoms with E-state index in [4.69, 9.17) is 9.47 Å². The SMILES string of the molecule is CC1=C2CC(Br)COCC2OC1=O. The van der Waals surface area contributed by atoms with E-state index < -0.39 is 0 Å². The van der Waals surface area contributed by atoms with Crippen LogP contribution < -0.4 is 0 Å². The summed E-state index contributed by atoms with van der Waals surface area (Å²) in [5.41, 5.74) is 1.87. The fourth-order valence-electron chi connectivity index (χ4n) is 1.68. The molecular formula is C9H11BrO3. The molecule has 2 aliphatic rings. The van der Waals surface area contributed by atoms with Crippen LogP contribution in [0.25, 0.3) is 0 Å². The summed E-state index contributed by atoms with van der Waals surface area (Å²) in [6, 6.07) is 0. The predicted octanol–water partition coefficient (Wildman–Crippen LogP) is 1.41. The smallest absolute Gasteiger partial charge is 0.334 e. The predicted molar refractivity (Wildman–Crippen MR) is 50.7 cm³/mol. The van der Waals surface area contributed by atoms with Gasteiger partial charge in [0.25, 0.3) is 0 Å². The highest BCUT2D eigenvalue weighted by atomic mass is 79.9. The fraction of sp³-hybridized carbons (Fsp3) is 0.667. The van der Waals surface area contributed by atoms with E-state index in [1.165, 1.54) is 0 Å². The lowest BCUT2D eigenvalue weighted by Gasteiger charge is -2.08. The largest absolute Gasteiger partial charge is 0.452 e. The lowest BCUT2D eigenvalue weighted by molar-refractivity contribution is -0.141. The van der Waals surface area contributed by atoms with Crippen molar-refractivity contribution in [3.05, 3.63) is 11.1 Å². The Labute approximate surface area is 85.2 Å². The van der Waals surface area contributed by atoms with Crippen LogP contribution in [0.2, 0.25) is 0 Å². The van der Waals surface area contributed by atoms with Gasteiger partial charge in [-0.3, -0.25) is 0 Å². The monoisotopic (exact) mass is 246 g/mol. The van der Waals surface area contributed by atoms with Crippen molar-refractivity contribution >= 4 is 21.9 Å². The van der Waals surface area contributed by atoms with Crippen molar-refractivity contribution in [2.45, 2.75) is 24.3 Å². The molecule has 13 heavy (non-hydrogen) atoms. The van der Waals surface area contributed by atoms with Crippen LogP contribution in [0.3, 0.4) is 0 Å². The van der Waals surface area contributed by atoms with Crippen molar-refractivity contribution in [3.8, 4) is 0 Å². The summed E-state index contributed by atoms with van der Waals surface area (Å²) in [4.78, 5) is 11.5. The van der Waals surface area contributed by atoms with Gasteiger partial charge in [0.15, 0.2) is 0 Å². The second-order valence-electron chi connectivity index (χ2n) is 3.38. The first-order valence-corrected chi connectivity index (χ1v) is 5.22. The summed E-state index contributed by atoms with van der Waals surface area (Å²) in [5.74, 6) is -0.190. The molecule has 2 unspecified atom stereocenters. The molecule has 0 aromatic carbocycles. The molecular weight excluding hydrogens is 236 g/mol. The first kappa shape index (κ1) is 9.21. The van der Waals surface area contributed by atoms with E-state index in [0.29, 0.717) is 18.0 Å². The van der Waals surface area contributed by atoms with Gasteiger partial charge in [0.1, 0.15) is 6.10 Å². The third-order valence-corrected chi connectivity index (χ3v) is 3.02. The van der Waals surface area contributed by atoms with Crippen molar-refractivity contribution in [2.75, 3.05) is 13.2 Å². The molecule has 0 amide bonds. The van der Waals surface area contributed by atoms with E-state index in [0.717, 1.165) is 17.6 Å². The Balaban J connectivity index is 2.26. The third kappa shape index (κ3) is 1.65. The molecule has 0 bridgehead atoms. The zero-order chi connectivity index (χ0) is 9.42. The van der Waals surface area contributed by atoms with E-state index in [-0.39, 0.29) is 12.1 Å². The highest BCUT2D eigenvalue weighted by Crippen LogP contribution is 2.30. The molecule has 0 spiro atoms. The van der Waals surface area contributed by atoms with E-state index in [9.17, 15) is 4.79 Å². The first-order valence-electron chi connectivity index (χ1n) is 4.31. The average Bonchev–Trinajstić information content (AvgIpc) is 2.29. The molecule has 0 N–H and O–H groups in total.